The summed E-state index contributed by atoms with van der Waals surface area (Å²) in [5.41, 5.74) is 3.90. The quantitative estimate of drug-likeness (QED) is 0.244. The molecule has 3 aromatic heterocycles. The Balaban J connectivity index is 1.50. The smallest absolute Gasteiger partial charge is 0.258 e. The Morgan fingerprint density at radius 3 is 2.57 bits per heavy atom. The number of anilines is 2. The number of rotatable bonds is 7. The third-order valence-corrected chi connectivity index (χ3v) is 5.93. The molecule has 0 spiro atoms. The maximum absolute atomic E-state index is 14.7. The molecule has 0 saturated heterocycles. The number of carbonyl (C=O) groups is 1. The molecule has 3 N–H and O–H groups in total. The first-order valence-electron chi connectivity index (χ1n) is 11.2. The van der Waals surface area contributed by atoms with Gasteiger partial charge in [-0.05, 0) is 43.3 Å². The largest absolute Gasteiger partial charge is 0.351 e. The standard InChI is InChI=1S/C27H21ClFN7O/c1-16(32-25-15-31-34-17(25)2)24-14-26(36(35-24)18-8-4-3-5-9-18)33-27(37)19-12-20(22(29)13-21(19)28)23-10-6-7-11-30-23/h3-15,32H,1H2,2H3,(H,31,34)(H,33,37). The summed E-state index contributed by atoms with van der Waals surface area (Å²) in [7, 11) is 0. The molecule has 3 heterocycles. The molecule has 0 aliphatic rings. The van der Waals surface area contributed by atoms with E-state index in [1.54, 1.807) is 41.3 Å². The number of nitrogens with one attached hydrogen (secondary N) is 3. The van der Waals surface area contributed by atoms with E-state index in [0.717, 1.165) is 23.1 Å². The van der Waals surface area contributed by atoms with Crippen LogP contribution in [0.4, 0.5) is 15.9 Å². The number of hydrogen-bond acceptors (Lipinski definition) is 5. The van der Waals surface area contributed by atoms with Crippen molar-refractivity contribution in [1.29, 1.82) is 0 Å². The second-order valence-electron chi connectivity index (χ2n) is 8.13. The molecule has 8 nitrogen and oxygen atoms in total. The average molecular weight is 514 g/mol. The number of pyridine rings is 1. The van der Waals surface area contributed by atoms with Crippen LogP contribution in [0, 0.1) is 12.7 Å². The van der Waals surface area contributed by atoms with E-state index >= 15 is 0 Å². The summed E-state index contributed by atoms with van der Waals surface area (Å²) < 4.78 is 16.3. The van der Waals surface area contributed by atoms with Crippen molar-refractivity contribution >= 4 is 34.7 Å². The Morgan fingerprint density at radius 1 is 1.08 bits per heavy atom. The molecule has 0 unspecified atom stereocenters. The van der Waals surface area contributed by atoms with Gasteiger partial charge in [0.15, 0.2) is 0 Å². The Labute approximate surface area is 216 Å². The van der Waals surface area contributed by atoms with Gasteiger partial charge in [-0.25, -0.2) is 9.07 Å². The van der Waals surface area contributed by atoms with Crippen LogP contribution in [0.2, 0.25) is 5.02 Å². The minimum atomic E-state index is -0.575. The van der Waals surface area contributed by atoms with Crippen LogP contribution < -0.4 is 10.6 Å². The molecule has 0 saturated carbocycles. The zero-order valence-corrected chi connectivity index (χ0v) is 20.4. The molecular weight excluding hydrogens is 493 g/mol. The highest BCUT2D eigenvalue weighted by Gasteiger charge is 2.20. The maximum atomic E-state index is 14.7. The fourth-order valence-electron chi connectivity index (χ4n) is 3.72. The van der Waals surface area contributed by atoms with Crippen LogP contribution in [0.3, 0.4) is 0 Å². The Kier molecular flexibility index (Phi) is 6.53. The SMILES string of the molecule is C=C(Nc1c[nH]nc1C)c1cc(NC(=O)c2cc(-c3ccccn3)c(F)cc2Cl)n(-c2ccccc2)n1. The minimum Gasteiger partial charge on any atom is -0.351 e. The molecule has 0 aliphatic heterocycles. The molecule has 184 valence electrons. The molecule has 5 aromatic rings. The van der Waals surface area contributed by atoms with Crippen LogP contribution in [0.1, 0.15) is 21.7 Å². The summed E-state index contributed by atoms with van der Waals surface area (Å²) in [4.78, 5) is 17.5. The number of aromatic nitrogens is 5. The molecular formula is C27H21ClFN7O. The molecule has 1 amide bonds. The van der Waals surface area contributed by atoms with Crippen molar-refractivity contribution in [2.75, 3.05) is 10.6 Å². The second-order valence-corrected chi connectivity index (χ2v) is 8.54. The van der Waals surface area contributed by atoms with Gasteiger partial charge in [-0.2, -0.15) is 10.2 Å². The van der Waals surface area contributed by atoms with E-state index in [4.69, 9.17) is 11.6 Å². The third-order valence-electron chi connectivity index (χ3n) is 5.62. The third kappa shape index (κ3) is 4.98. The van der Waals surface area contributed by atoms with Crippen LogP contribution in [-0.2, 0) is 0 Å². The molecule has 0 bridgehead atoms. The number of aryl methyl sites for hydroxylation is 1. The Morgan fingerprint density at radius 2 is 1.86 bits per heavy atom. The van der Waals surface area contributed by atoms with E-state index in [9.17, 15) is 9.18 Å². The molecule has 0 radical (unpaired) electrons. The summed E-state index contributed by atoms with van der Waals surface area (Å²) in [6.45, 7) is 5.94. The first-order valence-corrected chi connectivity index (χ1v) is 11.6. The van der Waals surface area contributed by atoms with E-state index in [2.05, 4.69) is 37.5 Å². The summed E-state index contributed by atoms with van der Waals surface area (Å²) in [6, 6.07) is 18.6. The number of hydrogen-bond donors (Lipinski definition) is 3. The lowest BCUT2D eigenvalue weighted by atomic mass is 10.1. The molecule has 0 atom stereocenters. The second kappa shape index (κ2) is 10.1. The number of amides is 1. The lowest BCUT2D eigenvalue weighted by Gasteiger charge is -2.11. The van der Waals surface area contributed by atoms with Gasteiger partial charge in [-0.15, -0.1) is 0 Å². The highest BCUT2D eigenvalue weighted by atomic mass is 35.5. The monoisotopic (exact) mass is 513 g/mol. The molecule has 2 aromatic carbocycles. The predicted octanol–water partition coefficient (Wildman–Crippen LogP) is 6.09. The van der Waals surface area contributed by atoms with Gasteiger partial charge < -0.3 is 10.6 Å². The van der Waals surface area contributed by atoms with E-state index in [1.165, 1.54) is 6.07 Å². The van der Waals surface area contributed by atoms with Gasteiger partial charge in [-0.1, -0.05) is 42.4 Å². The van der Waals surface area contributed by atoms with Gasteiger partial charge in [0.2, 0.25) is 0 Å². The van der Waals surface area contributed by atoms with Gasteiger partial charge in [0.1, 0.15) is 17.3 Å². The van der Waals surface area contributed by atoms with Crippen LogP contribution in [0.5, 0.6) is 0 Å². The van der Waals surface area contributed by atoms with Crippen molar-refractivity contribution in [3.8, 4) is 16.9 Å². The maximum Gasteiger partial charge on any atom is 0.258 e. The lowest BCUT2D eigenvalue weighted by molar-refractivity contribution is 0.102. The van der Waals surface area contributed by atoms with Crippen molar-refractivity contribution in [2.24, 2.45) is 0 Å². The lowest BCUT2D eigenvalue weighted by Crippen LogP contribution is -2.16. The van der Waals surface area contributed by atoms with E-state index in [1.807, 2.05) is 37.3 Å². The first-order chi connectivity index (χ1) is 17.9. The van der Waals surface area contributed by atoms with Gasteiger partial charge in [0.25, 0.3) is 5.91 Å². The summed E-state index contributed by atoms with van der Waals surface area (Å²) in [6.07, 6.45) is 3.27. The van der Waals surface area contributed by atoms with Crippen molar-refractivity contribution in [1.82, 2.24) is 25.0 Å². The van der Waals surface area contributed by atoms with Crippen LogP contribution in [-0.4, -0.2) is 30.9 Å². The van der Waals surface area contributed by atoms with Gasteiger partial charge in [0, 0.05) is 24.0 Å². The predicted molar refractivity (Wildman–Crippen MR) is 142 cm³/mol. The van der Waals surface area contributed by atoms with Gasteiger partial charge in [-0.3, -0.25) is 14.9 Å². The molecule has 0 aliphatic carbocycles. The van der Waals surface area contributed by atoms with Gasteiger partial charge in [0.05, 0.1) is 39.0 Å². The van der Waals surface area contributed by atoms with E-state index in [0.29, 0.717) is 22.9 Å². The number of aromatic amines is 1. The van der Waals surface area contributed by atoms with E-state index < -0.39 is 11.7 Å². The Bertz CT molecular complexity index is 1600. The highest BCUT2D eigenvalue weighted by molar-refractivity contribution is 6.34. The fraction of sp³-hybridized carbons (Fsp3) is 0.0370. The zero-order valence-electron chi connectivity index (χ0n) is 19.7. The number of para-hydroxylation sites is 1. The zero-order chi connectivity index (χ0) is 25.9. The van der Waals surface area contributed by atoms with E-state index in [-0.39, 0.29) is 16.1 Å². The van der Waals surface area contributed by atoms with Crippen molar-refractivity contribution in [3.63, 3.8) is 0 Å². The molecule has 10 heteroatoms. The minimum absolute atomic E-state index is 0.0257. The van der Waals surface area contributed by atoms with Crippen LogP contribution in [0.15, 0.2) is 85.7 Å². The molecule has 5 rings (SSSR count). The number of halogens is 2. The van der Waals surface area contributed by atoms with Crippen molar-refractivity contribution < 1.29 is 9.18 Å². The number of nitrogens with zero attached hydrogens (tertiary/aromatic N) is 4. The summed E-state index contributed by atoms with van der Waals surface area (Å²) in [5.74, 6) is -0.735. The fourth-order valence-corrected chi connectivity index (χ4v) is 3.96. The molecule has 37 heavy (non-hydrogen) atoms. The van der Waals surface area contributed by atoms with Crippen LogP contribution >= 0.6 is 11.6 Å². The highest BCUT2D eigenvalue weighted by Crippen LogP contribution is 2.29. The number of benzene rings is 2. The normalized spacial score (nSPS) is 10.8. The number of H-pyrrole nitrogens is 1. The topological polar surface area (TPSA) is 101 Å². The number of carbonyl (C=O) groups excluding carboxylic acids is 1. The Hall–Kier alpha value is -4.76. The van der Waals surface area contributed by atoms with Gasteiger partial charge >= 0.3 is 0 Å². The average Bonchev–Trinajstić information content (AvgIpc) is 3.51. The summed E-state index contributed by atoms with van der Waals surface area (Å²) >= 11 is 6.28. The van der Waals surface area contributed by atoms with Crippen molar-refractivity contribution in [3.05, 3.63) is 113 Å². The van der Waals surface area contributed by atoms with Crippen molar-refractivity contribution in [2.45, 2.75) is 6.92 Å². The summed E-state index contributed by atoms with van der Waals surface area (Å²) in [5, 5.41) is 17.5. The first kappa shape index (κ1) is 24.0. The molecule has 0 fully saturated rings. The van der Waals surface area contributed by atoms with Crippen LogP contribution in [0.25, 0.3) is 22.6 Å².